The summed E-state index contributed by atoms with van der Waals surface area (Å²) in [7, 11) is 0. The Labute approximate surface area is 357 Å². The highest BCUT2D eigenvalue weighted by Crippen LogP contribution is 2.49. The molecular weight excluding hydrogens is 777 g/mol. The summed E-state index contributed by atoms with van der Waals surface area (Å²) < 4.78 is 12.2. The molecule has 11 aromatic carbocycles. The van der Waals surface area contributed by atoms with Crippen LogP contribution in [0, 0.1) is 0 Å². The standard InChI is InChI=1S/C58H32OS2/c1-2-13-37-33(11-1)12-9-20-39(37)54-42-16-5-3-14-40(42)53(41-15-4-6-17-43(41)54)36-26-28-49-48(32-36)44-21-10-19-38(57(44)59-49)35-24-23-34-25-27-46-56-52(61-58(46)47(34)31-35)30-29-51-55(56)45-18-7-8-22-50(45)60-51/h1-32H. The molecule has 0 aliphatic rings. The number of hydrogen-bond acceptors (Lipinski definition) is 3. The van der Waals surface area contributed by atoms with Gasteiger partial charge >= 0.3 is 0 Å². The fraction of sp³-hybridized carbons (Fsp3) is 0. The van der Waals surface area contributed by atoms with Gasteiger partial charge in [0.2, 0.25) is 0 Å². The quantitative estimate of drug-likeness (QED) is 0.162. The number of furan rings is 1. The van der Waals surface area contributed by atoms with E-state index in [4.69, 9.17) is 4.42 Å². The van der Waals surface area contributed by atoms with E-state index in [1.54, 1.807) is 0 Å². The van der Waals surface area contributed by atoms with Crippen molar-refractivity contribution in [1.82, 2.24) is 0 Å². The first kappa shape index (κ1) is 33.5. The first-order valence-corrected chi connectivity index (χ1v) is 22.5. The van der Waals surface area contributed by atoms with Crippen LogP contribution in [0.25, 0.3) is 139 Å². The van der Waals surface area contributed by atoms with Gasteiger partial charge in [0, 0.05) is 62.1 Å². The van der Waals surface area contributed by atoms with E-state index in [0.29, 0.717) is 0 Å². The molecule has 0 N–H and O–H groups in total. The molecule has 3 aromatic heterocycles. The van der Waals surface area contributed by atoms with Crippen LogP contribution in [0.3, 0.4) is 0 Å². The summed E-state index contributed by atoms with van der Waals surface area (Å²) in [6.45, 7) is 0. The average Bonchev–Trinajstić information content (AvgIpc) is 4.01. The van der Waals surface area contributed by atoms with Crippen LogP contribution in [-0.2, 0) is 0 Å². The van der Waals surface area contributed by atoms with Gasteiger partial charge < -0.3 is 4.42 Å². The SMILES string of the molecule is c1ccc2c(-c3c4ccccc4c(-c4ccc5oc6c(-c7ccc8ccc9c(sc%10ccc%11sc%12ccccc%12c%11c%109)c8c7)cccc6c5c4)c4ccccc34)cccc2c1. The number of benzene rings is 11. The Balaban J connectivity index is 0.960. The predicted octanol–water partition coefficient (Wildman–Crippen LogP) is 17.9. The van der Waals surface area contributed by atoms with Crippen LogP contribution in [0.1, 0.15) is 0 Å². The van der Waals surface area contributed by atoms with Gasteiger partial charge in [-0.2, -0.15) is 0 Å². The van der Waals surface area contributed by atoms with Crippen molar-refractivity contribution < 1.29 is 4.42 Å². The highest BCUT2D eigenvalue weighted by molar-refractivity contribution is 7.28. The fourth-order valence-electron chi connectivity index (χ4n) is 10.4. The van der Waals surface area contributed by atoms with E-state index >= 15 is 0 Å². The molecule has 0 radical (unpaired) electrons. The number of thiophene rings is 2. The molecule has 14 aromatic rings. The van der Waals surface area contributed by atoms with Crippen molar-refractivity contribution in [2.45, 2.75) is 0 Å². The van der Waals surface area contributed by atoms with E-state index in [1.807, 2.05) is 22.7 Å². The molecule has 3 heteroatoms. The van der Waals surface area contributed by atoms with Gasteiger partial charge in [0.25, 0.3) is 0 Å². The van der Waals surface area contributed by atoms with E-state index < -0.39 is 0 Å². The second-order valence-electron chi connectivity index (χ2n) is 16.3. The molecule has 61 heavy (non-hydrogen) atoms. The third kappa shape index (κ3) is 4.76. The lowest BCUT2D eigenvalue weighted by Crippen LogP contribution is -1.91. The van der Waals surface area contributed by atoms with Gasteiger partial charge in [-0.05, 0) is 102 Å². The Morgan fingerprint density at radius 2 is 0.885 bits per heavy atom. The molecular formula is C58H32OS2. The normalized spacial score (nSPS) is 12.3. The predicted molar refractivity (Wildman–Crippen MR) is 266 cm³/mol. The highest BCUT2D eigenvalue weighted by atomic mass is 32.1. The van der Waals surface area contributed by atoms with Gasteiger partial charge in [-0.15, -0.1) is 22.7 Å². The van der Waals surface area contributed by atoms with Gasteiger partial charge in [-0.1, -0.05) is 158 Å². The van der Waals surface area contributed by atoms with Gasteiger partial charge in [0.1, 0.15) is 11.2 Å². The van der Waals surface area contributed by atoms with Crippen molar-refractivity contribution in [1.29, 1.82) is 0 Å². The van der Waals surface area contributed by atoms with Crippen molar-refractivity contribution in [2.24, 2.45) is 0 Å². The van der Waals surface area contributed by atoms with E-state index in [0.717, 1.165) is 33.1 Å². The van der Waals surface area contributed by atoms with Gasteiger partial charge in [0.15, 0.2) is 0 Å². The molecule has 0 amide bonds. The number of hydrogen-bond donors (Lipinski definition) is 0. The van der Waals surface area contributed by atoms with Gasteiger partial charge in [-0.25, -0.2) is 0 Å². The molecule has 1 nitrogen and oxygen atoms in total. The van der Waals surface area contributed by atoms with Crippen LogP contribution in [0.4, 0.5) is 0 Å². The minimum absolute atomic E-state index is 0.895. The topological polar surface area (TPSA) is 13.1 Å². The summed E-state index contributed by atoms with van der Waals surface area (Å²) >= 11 is 3.80. The van der Waals surface area contributed by atoms with Crippen molar-refractivity contribution in [3.63, 3.8) is 0 Å². The summed E-state index contributed by atoms with van der Waals surface area (Å²) in [5.41, 5.74) is 9.06. The number of para-hydroxylation sites is 1. The minimum atomic E-state index is 0.895. The Hall–Kier alpha value is -7.30. The van der Waals surface area contributed by atoms with Crippen LogP contribution in [0.5, 0.6) is 0 Å². The Morgan fingerprint density at radius 3 is 1.70 bits per heavy atom. The second kappa shape index (κ2) is 12.6. The Kier molecular flexibility index (Phi) is 6.93. The summed E-state index contributed by atoms with van der Waals surface area (Å²) in [6, 6.07) is 71.7. The molecule has 0 aliphatic carbocycles. The minimum Gasteiger partial charge on any atom is -0.455 e. The maximum absolute atomic E-state index is 6.85. The van der Waals surface area contributed by atoms with Crippen LogP contribution >= 0.6 is 22.7 Å². The molecule has 3 heterocycles. The van der Waals surface area contributed by atoms with E-state index in [1.165, 1.54) is 106 Å². The molecule has 0 unspecified atom stereocenters. The van der Waals surface area contributed by atoms with E-state index in [2.05, 4.69) is 194 Å². The summed E-state index contributed by atoms with van der Waals surface area (Å²) in [4.78, 5) is 0. The molecule has 0 fully saturated rings. The smallest absolute Gasteiger partial charge is 0.143 e. The molecule has 0 saturated heterocycles. The average molecular weight is 809 g/mol. The molecule has 0 atom stereocenters. The van der Waals surface area contributed by atoms with Crippen LogP contribution < -0.4 is 0 Å². The summed E-state index contributed by atoms with van der Waals surface area (Å²) in [5, 5.41) is 17.7. The maximum Gasteiger partial charge on any atom is 0.143 e. The zero-order valence-corrected chi connectivity index (χ0v) is 34.3. The van der Waals surface area contributed by atoms with Crippen LogP contribution in [0.2, 0.25) is 0 Å². The second-order valence-corrected chi connectivity index (χ2v) is 18.4. The molecule has 0 aliphatic heterocycles. The van der Waals surface area contributed by atoms with E-state index in [-0.39, 0.29) is 0 Å². The lowest BCUT2D eigenvalue weighted by atomic mass is 9.84. The molecule has 282 valence electrons. The Morgan fingerprint density at radius 1 is 0.311 bits per heavy atom. The molecule has 14 rings (SSSR count). The fourth-order valence-corrected chi connectivity index (χ4v) is 12.7. The molecule has 0 spiro atoms. The van der Waals surface area contributed by atoms with Crippen molar-refractivity contribution in [2.75, 3.05) is 0 Å². The first-order valence-electron chi connectivity index (χ1n) is 20.8. The zero-order valence-electron chi connectivity index (χ0n) is 32.7. The lowest BCUT2D eigenvalue weighted by molar-refractivity contribution is 0.670. The van der Waals surface area contributed by atoms with E-state index in [9.17, 15) is 0 Å². The van der Waals surface area contributed by atoms with Crippen molar-refractivity contribution >= 4 is 128 Å². The molecule has 0 saturated carbocycles. The number of fused-ring (bicyclic) bond motifs is 15. The largest absolute Gasteiger partial charge is 0.455 e. The first-order chi connectivity index (χ1) is 30.2. The lowest BCUT2D eigenvalue weighted by Gasteiger charge is -2.18. The number of rotatable bonds is 3. The highest BCUT2D eigenvalue weighted by Gasteiger charge is 2.21. The summed E-state index contributed by atoms with van der Waals surface area (Å²) in [6.07, 6.45) is 0. The summed E-state index contributed by atoms with van der Waals surface area (Å²) in [5.74, 6) is 0. The third-order valence-electron chi connectivity index (χ3n) is 13.0. The van der Waals surface area contributed by atoms with Crippen molar-refractivity contribution in [3.05, 3.63) is 194 Å². The monoisotopic (exact) mass is 808 g/mol. The van der Waals surface area contributed by atoms with Crippen LogP contribution in [0.15, 0.2) is 199 Å². The van der Waals surface area contributed by atoms with Crippen molar-refractivity contribution in [3.8, 4) is 33.4 Å². The third-order valence-corrected chi connectivity index (χ3v) is 15.4. The van der Waals surface area contributed by atoms with Gasteiger partial charge in [0.05, 0.1) is 0 Å². The van der Waals surface area contributed by atoms with Gasteiger partial charge in [-0.3, -0.25) is 0 Å². The Bertz CT molecular complexity index is 4120. The molecule has 0 bridgehead atoms. The maximum atomic E-state index is 6.85. The zero-order chi connectivity index (χ0) is 39.8. The van der Waals surface area contributed by atoms with Crippen LogP contribution in [-0.4, -0.2) is 0 Å².